The molecule has 116 valence electrons. The lowest BCUT2D eigenvalue weighted by Crippen LogP contribution is -2.47. The Morgan fingerprint density at radius 2 is 2.10 bits per heavy atom. The molecule has 0 saturated heterocycles. The minimum Gasteiger partial charge on any atom is -0.352 e. The number of rotatable bonds is 6. The minimum atomic E-state index is -0.212. The van der Waals surface area contributed by atoms with Crippen molar-refractivity contribution in [1.29, 1.82) is 0 Å². The standard InChI is InChI=1S/C17H25FN2O/c1-13(17(21)20-16-8-3-2-4-9-16)19-11-10-14-6-5-7-15(18)12-14/h5-7,12-13,16,19H,2-4,8-11H2,1H3,(H,20,21). The molecule has 1 amide bonds. The molecule has 0 spiro atoms. The van der Waals surface area contributed by atoms with Crippen LogP contribution in [0, 0.1) is 5.82 Å². The molecule has 1 unspecified atom stereocenters. The third-order valence-corrected chi connectivity index (χ3v) is 4.10. The number of hydrogen-bond acceptors (Lipinski definition) is 2. The van der Waals surface area contributed by atoms with Gasteiger partial charge < -0.3 is 10.6 Å². The van der Waals surface area contributed by atoms with Gasteiger partial charge in [0.25, 0.3) is 0 Å². The van der Waals surface area contributed by atoms with Crippen molar-refractivity contribution >= 4 is 5.91 Å². The summed E-state index contributed by atoms with van der Waals surface area (Å²) in [4.78, 5) is 12.1. The van der Waals surface area contributed by atoms with E-state index >= 15 is 0 Å². The SMILES string of the molecule is CC(NCCc1cccc(F)c1)C(=O)NC1CCCCC1. The van der Waals surface area contributed by atoms with Crippen LogP contribution in [0.5, 0.6) is 0 Å². The number of carbonyl (C=O) groups is 1. The fourth-order valence-electron chi connectivity index (χ4n) is 2.79. The van der Waals surface area contributed by atoms with Crippen molar-refractivity contribution in [1.82, 2.24) is 10.6 Å². The number of hydrogen-bond donors (Lipinski definition) is 2. The van der Waals surface area contributed by atoms with Crippen LogP contribution in [0.3, 0.4) is 0 Å². The van der Waals surface area contributed by atoms with Gasteiger partial charge in [-0.15, -0.1) is 0 Å². The van der Waals surface area contributed by atoms with Gasteiger partial charge in [0.05, 0.1) is 6.04 Å². The van der Waals surface area contributed by atoms with Crippen molar-refractivity contribution in [2.45, 2.75) is 57.5 Å². The molecule has 0 aromatic heterocycles. The summed E-state index contributed by atoms with van der Waals surface area (Å²) in [5.74, 6) is -0.142. The summed E-state index contributed by atoms with van der Waals surface area (Å²) < 4.78 is 13.1. The molecule has 1 saturated carbocycles. The van der Waals surface area contributed by atoms with E-state index in [1.54, 1.807) is 6.07 Å². The van der Waals surface area contributed by atoms with E-state index in [1.165, 1.54) is 31.4 Å². The van der Waals surface area contributed by atoms with Crippen LogP contribution >= 0.6 is 0 Å². The Labute approximate surface area is 126 Å². The predicted molar refractivity (Wildman–Crippen MR) is 82.6 cm³/mol. The molecular formula is C17H25FN2O. The lowest BCUT2D eigenvalue weighted by atomic mass is 9.95. The molecule has 0 radical (unpaired) electrons. The predicted octanol–water partition coefficient (Wildman–Crippen LogP) is 2.80. The van der Waals surface area contributed by atoms with Gasteiger partial charge in [0.15, 0.2) is 0 Å². The quantitative estimate of drug-likeness (QED) is 0.846. The number of halogens is 1. The van der Waals surface area contributed by atoms with Crippen LogP contribution in [-0.4, -0.2) is 24.5 Å². The second-order valence-corrected chi connectivity index (χ2v) is 5.90. The van der Waals surface area contributed by atoms with E-state index in [-0.39, 0.29) is 17.8 Å². The van der Waals surface area contributed by atoms with Gasteiger partial charge in [-0.3, -0.25) is 4.79 Å². The zero-order chi connectivity index (χ0) is 15.1. The summed E-state index contributed by atoms with van der Waals surface area (Å²) in [6.45, 7) is 2.55. The molecule has 2 rings (SSSR count). The normalized spacial score (nSPS) is 17.4. The largest absolute Gasteiger partial charge is 0.352 e. The summed E-state index contributed by atoms with van der Waals surface area (Å²) in [6, 6.07) is 6.73. The molecule has 0 heterocycles. The number of carbonyl (C=O) groups excluding carboxylic acids is 1. The van der Waals surface area contributed by atoms with Crippen LogP contribution in [0.1, 0.15) is 44.6 Å². The number of nitrogens with one attached hydrogen (secondary N) is 2. The van der Waals surface area contributed by atoms with Gasteiger partial charge in [-0.05, 0) is 50.4 Å². The van der Waals surface area contributed by atoms with Gasteiger partial charge in [0, 0.05) is 6.04 Å². The average Bonchev–Trinajstić information content (AvgIpc) is 2.48. The van der Waals surface area contributed by atoms with Gasteiger partial charge in [-0.25, -0.2) is 4.39 Å². The molecule has 3 nitrogen and oxygen atoms in total. The summed E-state index contributed by atoms with van der Waals surface area (Å²) in [6.07, 6.45) is 6.63. The molecule has 0 aliphatic heterocycles. The molecule has 1 aliphatic carbocycles. The monoisotopic (exact) mass is 292 g/mol. The van der Waals surface area contributed by atoms with Crippen molar-refractivity contribution in [3.8, 4) is 0 Å². The van der Waals surface area contributed by atoms with E-state index in [4.69, 9.17) is 0 Å². The molecular weight excluding hydrogens is 267 g/mol. The highest BCUT2D eigenvalue weighted by molar-refractivity contribution is 5.81. The molecule has 4 heteroatoms. The first-order chi connectivity index (χ1) is 10.1. The van der Waals surface area contributed by atoms with Crippen molar-refractivity contribution < 1.29 is 9.18 Å². The Hall–Kier alpha value is -1.42. The molecule has 1 aromatic rings. The second-order valence-electron chi connectivity index (χ2n) is 5.90. The highest BCUT2D eigenvalue weighted by Gasteiger charge is 2.18. The Morgan fingerprint density at radius 1 is 1.33 bits per heavy atom. The molecule has 1 atom stereocenters. The summed E-state index contributed by atoms with van der Waals surface area (Å²) in [7, 11) is 0. The fraction of sp³-hybridized carbons (Fsp3) is 0.588. The van der Waals surface area contributed by atoms with Crippen molar-refractivity contribution in [3.05, 3.63) is 35.6 Å². The Kier molecular flexibility index (Phi) is 6.18. The molecule has 1 aromatic carbocycles. The highest BCUT2D eigenvalue weighted by atomic mass is 19.1. The smallest absolute Gasteiger partial charge is 0.237 e. The van der Waals surface area contributed by atoms with Crippen molar-refractivity contribution in [2.24, 2.45) is 0 Å². The highest BCUT2D eigenvalue weighted by Crippen LogP contribution is 2.17. The Bertz CT molecular complexity index is 458. The van der Waals surface area contributed by atoms with E-state index in [1.807, 2.05) is 13.0 Å². The van der Waals surface area contributed by atoms with E-state index in [9.17, 15) is 9.18 Å². The Morgan fingerprint density at radius 3 is 2.81 bits per heavy atom. The maximum atomic E-state index is 13.1. The first-order valence-electron chi connectivity index (χ1n) is 7.93. The van der Waals surface area contributed by atoms with Crippen molar-refractivity contribution in [2.75, 3.05) is 6.54 Å². The van der Waals surface area contributed by atoms with Crippen molar-refractivity contribution in [3.63, 3.8) is 0 Å². The van der Waals surface area contributed by atoms with Gasteiger partial charge in [-0.1, -0.05) is 31.4 Å². The lowest BCUT2D eigenvalue weighted by molar-refractivity contribution is -0.123. The second kappa shape index (κ2) is 8.13. The molecule has 21 heavy (non-hydrogen) atoms. The number of benzene rings is 1. The van der Waals surface area contributed by atoms with Crippen LogP contribution in [0.2, 0.25) is 0 Å². The number of amides is 1. The maximum absolute atomic E-state index is 13.1. The van der Waals surface area contributed by atoms with E-state index in [0.29, 0.717) is 12.6 Å². The first kappa shape index (κ1) is 16.0. The topological polar surface area (TPSA) is 41.1 Å². The molecule has 0 bridgehead atoms. The first-order valence-corrected chi connectivity index (χ1v) is 7.93. The zero-order valence-electron chi connectivity index (χ0n) is 12.7. The molecule has 1 fully saturated rings. The van der Waals surface area contributed by atoms with Gasteiger partial charge in [0.2, 0.25) is 5.91 Å². The summed E-state index contributed by atoms with van der Waals surface area (Å²) >= 11 is 0. The minimum absolute atomic E-state index is 0.0705. The van der Waals surface area contributed by atoms with Gasteiger partial charge in [-0.2, -0.15) is 0 Å². The van der Waals surface area contributed by atoms with Crippen LogP contribution in [0.15, 0.2) is 24.3 Å². The van der Waals surface area contributed by atoms with Crippen LogP contribution in [0.4, 0.5) is 4.39 Å². The van der Waals surface area contributed by atoms with E-state index in [0.717, 1.165) is 24.8 Å². The van der Waals surface area contributed by atoms with Crippen LogP contribution < -0.4 is 10.6 Å². The van der Waals surface area contributed by atoms with E-state index < -0.39 is 0 Å². The van der Waals surface area contributed by atoms with Crippen LogP contribution in [-0.2, 0) is 11.2 Å². The van der Waals surface area contributed by atoms with E-state index in [2.05, 4.69) is 10.6 Å². The van der Waals surface area contributed by atoms with Crippen LogP contribution in [0.25, 0.3) is 0 Å². The Balaban J connectivity index is 1.68. The fourth-order valence-corrected chi connectivity index (χ4v) is 2.79. The maximum Gasteiger partial charge on any atom is 0.237 e. The third-order valence-electron chi connectivity index (χ3n) is 4.10. The summed E-state index contributed by atoms with van der Waals surface area (Å²) in [5.41, 5.74) is 0.947. The van der Waals surface area contributed by atoms with Gasteiger partial charge >= 0.3 is 0 Å². The zero-order valence-corrected chi connectivity index (χ0v) is 12.7. The average molecular weight is 292 g/mol. The van der Waals surface area contributed by atoms with Gasteiger partial charge in [0.1, 0.15) is 5.82 Å². The lowest BCUT2D eigenvalue weighted by Gasteiger charge is -2.24. The third kappa shape index (κ3) is 5.46. The molecule has 2 N–H and O–H groups in total. The summed E-state index contributed by atoms with van der Waals surface area (Å²) in [5, 5.41) is 6.32. The molecule has 1 aliphatic rings.